The van der Waals surface area contributed by atoms with Crippen molar-refractivity contribution in [3.05, 3.63) is 108 Å². The van der Waals surface area contributed by atoms with Crippen molar-refractivity contribution in [2.45, 2.75) is 57.9 Å². The quantitative estimate of drug-likeness (QED) is 0.396. The second kappa shape index (κ2) is 13.3. The number of ether oxygens (including phenoxy) is 2. The molecule has 37 heavy (non-hydrogen) atoms. The van der Waals surface area contributed by atoms with Gasteiger partial charge in [-0.1, -0.05) is 91.0 Å². The first-order valence-corrected chi connectivity index (χ1v) is 12.3. The van der Waals surface area contributed by atoms with Gasteiger partial charge in [0.2, 0.25) is 5.91 Å². The molecule has 0 aromatic heterocycles. The number of alkyl carbamates (subject to hydrolysis) is 1. The molecule has 7 nitrogen and oxygen atoms in total. The number of amides is 2. The van der Waals surface area contributed by atoms with Crippen LogP contribution in [0.4, 0.5) is 4.79 Å². The summed E-state index contributed by atoms with van der Waals surface area (Å²) in [4.78, 5) is 39.1. The molecule has 0 fully saturated rings. The molecule has 0 bridgehead atoms. The molecule has 0 saturated carbocycles. The lowest BCUT2D eigenvalue weighted by molar-refractivity contribution is -0.158. The Balaban J connectivity index is 1.75. The van der Waals surface area contributed by atoms with Crippen LogP contribution in [0.5, 0.6) is 0 Å². The second-order valence-electron chi connectivity index (χ2n) is 9.73. The van der Waals surface area contributed by atoms with Crippen LogP contribution in [0, 0.1) is 0 Å². The topological polar surface area (TPSA) is 93.7 Å². The van der Waals surface area contributed by atoms with Gasteiger partial charge in [-0.3, -0.25) is 4.79 Å². The van der Waals surface area contributed by atoms with Gasteiger partial charge < -0.3 is 20.1 Å². The number of rotatable bonds is 10. The summed E-state index contributed by atoms with van der Waals surface area (Å²) in [5.74, 6) is -1.05. The van der Waals surface area contributed by atoms with E-state index < -0.39 is 35.7 Å². The molecule has 0 aliphatic carbocycles. The van der Waals surface area contributed by atoms with E-state index >= 15 is 0 Å². The summed E-state index contributed by atoms with van der Waals surface area (Å²) in [6, 6.07) is 26.1. The first-order chi connectivity index (χ1) is 17.7. The summed E-state index contributed by atoms with van der Waals surface area (Å²) in [6.45, 7) is 5.39. The van der Waals surface area contributed by atoms with Crippen molar-refractivity contribution in [2.75, 3.05) is 0 Å². The average molecular weight is 503 g/mol. The van der Waals surface area contributed by atoms with E-state index in [2.05, 4.69) is 10.6 Å². The van der Waals surface area contributed by atoms with E-state index in [1.807, 2.05) is 91.0 Å². The molecule has 0 spiro atoms. The molecule has 2 amide bonds. The molecule has 0 radical (unpaired) electrons. The van der Waals surface area contributed by atoms with Crippen LogP contribution in [0.15, 0.2) is 91.0 Å². The predicted octanol–water partition coefficient (Wildman–Crippen LogP) is 4.59. The summed E-state index contributed by atoms with van der Waals surface area (Å²) in [7, 11) is 0. The molecule has 0 aliphatic heterocycles. The molecule has 2 N–H and O–H groups in total. The molecule has 7 heteroatoms. The molecule has 3 rings (SSSR count). The Morgan fingerprint density at radius 1 is 0.676 bits per heavy atom. The average Bonchev–Trinajstić information content (AvgIpc) is 2.87. The van der Waals surface area contributed by atoms with Crippen molar-refractivity contribution in [1.82, 2.24) is 10.6 Å². The van der Waals surface area contributed by atoms with Crippen molar-refractivity contribution in [2.24, 2.45) is 0 Å². The van der Waals surface area contributed by atoms with E-state index in [1.54, 1.807) is 20.8 Å². The first kappa shape index (κ1) is 27.5. The lowest BCUT2D eigenvalue weighted by atomic mass is 10.0. The van der Waals surface area contributed by atoms with Gasteiger partial charge in [0.15, 0.2) is 0 Å². The Morgan fingerprint density at radius 3 is 1.62 bits per heavy atom. The van der Waals surface area contributed by atoms with Crippen LogP contribution in [0.2, 0.25) is 0 Å². The molecule has 2 atom stereocenters. The number of esters is 1. The Bertz CT molecular complexity index is 1140. The van der Waals surface area contributed by atoms with Crippen LogP contribution in [0.25, 0.3) is 0 Å². The third-order valence-electron chi connectivity index (χ3n) is 5.39. The van der Waals surface area contributed by atoms with Crippen LogP contribution in [-0.2, 0) is 38.5 Å². The van der Waals surface area contributed by atoms with Gasteiger partial charge in [0.05, 0.1) is 0 Å². The van der Waals surface area contributed by atoms with E-state index in [0.29, 0.717) is 0 Å². The highest BCUT2D eigenvalue weighted by Crippen LogP contribution is 2.13. The summed E-state index contributed by atoms with van der Waals surface area (Å²) < 4.78 is 10.9. The van der Waals surface area contributed by atoms with Crippen molar-refractivity contribution in [3.8, 4) is 0 Å². The molecular formula is C30H34N2O5. The Morgan fingerprint density at radius 2 is 1.14 bits per heavy atom. The SMILES string of the molecule is CC(C)(C)OC(=O)[C@H](Cc1ccccc1)NC(=O)[C@H](Cc1ccccc1)NC(=O)OCc1ccccc1. The van der Waals surface area contributed by atoms with Crippen molar-refractivity contribution in [3.63, 3.8) is 0 Å². The van der Waals surface area contributed by atoms with Gasteiger partial charge in [0.25, 0.3) is 0 Å². The number of carbonyl (C=O) groups excluding carboxylic acids is 3. The molecule has 3 aromatic rings. The van der Waals surface area contributed by atoms with Gasteiger partial charge in [0, 0.05) is 12.8 Å². The van der Waals surface area contributed by atoms with Crippen molar-refractivity contribution >= 4 is 18.0 Å². The molecule has 0 heterocycles. The lowest BCUT2D eigenvalue weighted by Crippen LogP contribution is -2.54. The van der Waals surface area contributed by atoms with E-state index in [9.17, 15) is 14.4 Å². The highest BCUT2D eigenvalue weighted by Gasteiger charge is 2.30. The maximum Gasteiger partial charge on any atom is 0.408 e. The van der Waals surface area contributed by atoms with E-state index in [1.165, 1.54) is 0 Å². The summed E-state index contributed by atoms with van der Waals surface area (Å²) in [6.07, 6.45) is -0.255. The van der Waals surface area contributed by atoms with Gasteiger partial charge in [0.1, 0.15) is 24.3 Å². The zero-order chi connectivity index (χ0) is 26.7. The minimum atomic E-state index is -0.966. The largest absolute Gasteiger partial charge is 0.458 e. The number of benzene rings is 3. The minimum absolute atomic E-state index is 0.0703. The zero-order valence-electron chi connectivity index (χ0n) is 21.5. The van der Waals surface area contributed by atoms with Crippen LogP contribution < -0.4 is 10.6 Å². The van der Waals surface area contributed by atoms with Gasteiger partial charge >= 0.3 is 12.1 Å². The van der Waals surface area contributed by atoms with E-state index in [-0.39, 0.29) is 19.4 Å². The Kier molecular flexibility index (Phi) is 9.84. The number of nitrogens with one attached hydrogen (secondary N) is 2. The predicted molar refractivity (Wildman–Crippen MR) is 142 cm³/mol. The smallest absolute Gasteiger partial charge is 0.408 e. The second-order valence-corrected chi connectivity index (χ2v) is 9.73. The third kappa shape index (κ3) is 9.80. The summed E-state index contributed by atoms with van der Waals surface area (Å²) >= 11 is 0. The van der Waals surface area contributed by atoms with Gasteiger partial charge in [-0.15, -0.1) is 0 Å². The van der Waals surface area contributed by atoms with Crippen molar-refractivity contribution < 1.29 is 23.9 Å². The van der Waals surface area contributed by atoms with Crippen LogP contribution >= 0.6 is 0 Å². The van der Waals surface area contributed by atoms with Gasteiger partial charge in [-0.2, -0.15) is 0 Å². The summed E-state index contributed by atoms with van der Waals surface area (Å²) in [5, 5.41) is 5.47. The Hall–Kier alpha value is -4.13. The number of carbonyl (C=O) groups is 3. The minimum Gasteiger partial charge on any atom is -0.458 e. The lowest BCUT2D eigenvalue weighted by Gasteiger charge is -2.26. The van der Waals surface area contributed by atoms with Gasteiger partial charge in [-0.25, -0.2) is 9.59 Å². The first-order valence-electron chi connectivity index (χ1n) is 12.3. The molecule has 0 unspecified atom stereocenters. The van der Waals surface area contributed by atoms with Crippen molar-refractivity contribution in [1.29, 1.82) is 0 Å². The van der Waals surface area contributed by atoms with Crippen LogP contribution in [0.1, 0.15) is 37.5 Å². The fourth-order valence-electron chi connectivity index (χ4n) is 3.65. The highest BCUT2D eigenvalue weighted by atomic mass is 16.6. The molecule has 194 valence electrons. The van der Waals surface area contributed by atoms with Crippen LogP contribution in [0.3, 0.4) is 0 Å². The van der Waals surface area contributed by atoms with Gasteiger partial charge in [-0.05, 0) is 37.5 Å². The number of hydrogen-bond acceptors (Lipinski definition) is 5. The summed E-state index contributed by atoms with van der Waals surface area (Å²) in [5.41, 5.74) is 1.82. The maximum absolute atomic E-state index is 13.4. The molecular weight excluding hydrogens is 468 g/mol. The molecule has 0 aliphatic rings. The van der Waals surface area contributed by atoms with Crippen LogP contribution in [-0.4, -0.2) is 35.7 Å². The Labute approximate surface area is 218 Å². The fraction of sp³-hybridized carbons (Fsp3) is 0.300. The normalized spacial score (nSPS) is 12.6. The maximum atomic E-state index is 13.4. The standard InChI is InChI=1S/C30H34N2O5/c1-30(2,3)37-28(34)26(20-23-15-9-5-10-16-23)31-27(33)25(19-22-13-7-4-8-14-22)32-29(35)36-21-24-17-11-6-12-18-24/h4-18,25-26H,19-21H2,1-3H3,(H,31,33)(H,32,35)/t25-,26-/m0/s1. The molecule has 3 aromatic carbocycles. The monoisotopic (exact) mass is 502 g/mol. The zero-order valence-corrected chi connectivity index (χ0v) is 21.5. The fourth-order valence-corrected chi connectivity index (χ4v) is 3.65. The third-order valence-corrected chi connectivity index (χ3v) is 5.39. The van der Waals surface area contributed by atoms with E-state index in [4.69, 9.17) is 9.47 Å². The van der Waals surface area contributed by atoms with E-state index in [0.717, 1.165) is 16.7 Å². The number of hydrogen-bond donors (Lipinski definition) is 2. The highest BCUT2D eigenvalue weighted by molar-refractivity contribution is 5.90. The molecule has 0 saturated heterocycles.